The normalized spacial score (nSPS) is 21.2. The lowest BCUT2D eigenvalue weighted by Gasteiger charge is -2.23. The maximum absolute atomic E-state index is 14.1. The smallest absolute Gasteiger partial charge is 0.404 e. The Bertz CT molecular complexity index is 1300. The van der Waals surface area contributed by atoms with Crippen molar-refractivity contribution < 1.29 is 28.9 Å². The molecule has 0 radical (unpaired) electrons. The van der Waals surface area contributed by atoms with Gasteiger partial charge >= 0.3 is 6.04 Å². The summed E-state index contributed by atoms with van der Waals surface area (Å²) in [4.78, 5) is 13.4. The monoisotopic (exact) mass is 482 g/mol. The van der Waals surface area contributed by atoms with Gasteiger partial charge in [-0.25, -0.2) is 0 Å². The fourth-order valence-corrected chi connectivity index (χ4v) is 4.84. The molecule has 1 aliphatic heterocycles. The van der Waals surface area contributed by atoms with Gasteiger partial charge in [0.25, 0.3) is 0 Å². The molecule has 3 aromatic rings. The highest BCUT2D eigenvalue weighted by Crippen LogP contribution is 2.52. The second-order valence-electron chi connectivity index (χ2n) is 10.7. The van der Waals surface area contributed by atoms with E-state index < -0.39 is 17.6 Å². The number of amides is 1. The standard InChI is InChI=1S/C27H31FN2O5/c1-25(2,3)23-12-16-11-18(6-7-20(16)30(23)14-19(32)15-31)29-24(33)27(9-10-27)17-5-8-21-22(13-17)35-26(4,28)34-21/h5-8,11-13,19,31-32H,9-10,14-15H2,1-4H3,(H,29,33)/t19-,26?/m1/s1. The van der Waals surface area contributed by atoms with Gasteiger partial charge < -0.3 is 29.6 Å². The van der Waals surface area contributed by atoms with Gasteiger partial charge in [-0.15, -0.1) is 0 Å². The van der Waals surface area contributed by atoms with Crippen molar-refractivity contribution in [3.63, 3.8) is 0 Å². The van der Waals surface area contributed by atoms with Crippen molar-refractivity contribution >= 4 is 22.5 Å². The first-order valence-electron chi connectivity index (χ1n) is 11.9. The highest BCUT2D eigenvalue weighted by atomic mass is 19.2. The number of aliphatic hydroxyl groups is 2. The molecule has 5 rings (SSSR count). The first-order chi connectivity index (χ1) is 16.4. The molecule has 0 spiro atoms. The van der Waals surface area contributed by atoms with Crippen LogP contribution >= 0.6 is 0 Å². The van der Waals surface area contributed by atoms with Crippen molar-refractivity contribution in [2.75, 3.05) is 11.9 Å². The molecule has 1 saturated carbocycles. The van der Waals surface area contributed by atoms with Crippen molar-refractivity contribution in [2.24, 2.45) is 0 Å². The van der Waals surface area contributed by atoms with Gasteiger partial charge in [0.05, 0.1) is 24.7 Å². The zero-order chi connectivity index (χ0) is 25.2. The Labute approximate surface area is 203 Å². The summed E-state index contributed by atoms with van der Waals surface area (Å²) in [7, 11) is 0. The van der Waals surface area contributed by atoms with Crippen LogP contribution in [0.1, 0.15) is 51.8 Å². The van der Waals surface area contributed by atoms with E-state index in [-0.39, 0.29) is 24.5 Å². The number of aromatic nitrogens is 1. The van der Waals surface area contributed by atoms with Crippen LogP contribution in [0.25, 0.3) is 10.9 Å². The summed E-state index contributed by atoms with van der Waals surface area (Å²) in [5.41, 5.74) is 2.54. The number of nitrogens with zero attached hydrogens (tertiary/aromatic N) is 1. The van der Waals surface area contributed by atoms with Gasteiger partial charge in [0.1, 0.15) is 0 Å². The van der Waals surface area contributed by atoms with Crippen molar-refractivity contribution in [2.45, 2.75) is 70.1 Å². The number of hydrogen-bond donors (Lipinski definition) is 3. The zero-order valence-corrected chi connectivity index (χ0v) is 20.4. The predicted octanol–water partition coefficient (Wildman–Crippen LogP) is 4.38. The van der Waals surface area contributed by atoms with E-state index in [0.717, 1.165) is 22.2 Å². The number of nitrogens with one attached hydrogen (secondary N) is 1. The van der Waals surface area contributed by atoms with Gasteiger partial charge in [0.15, 0.2) is 11.5 Å². The van der Waals surface area contributed by atoms with Gasteiger partial charge in [0, 0.05) is 34.6 Å². The van der Waals surface area contributed by atoms with Gasteiger partial charge in [0.2, 0.25) is 5.91 Å². The molecule has 0 bridgehead atoms. The molecule has 35 heavy (non-hydrogen) atoms. The first kappa shape index (κ1) is 23.6. The zero-order valence-electron chi connectivity index (χ0n) is 20.4. The van der Waals surface area contributed by atoms with Gasteiger partial charge in [-0.05, 0) is 54.8 Å². The van der Waals surface area contributed by atoms with Crippen LogP contribution in [-0.4, -0.2) is 39.4 Å². The number of alkyl halides is 1. The predicted molar refractivity (Wildman–Crippen MR) is 130 cm³/mol. The fourth-order valence-electron chi connectivity index (χ4n) is 4.84. The minimum Gasteiger partial charge on any atom is -0.423 e. The van der Waals surface area contributed by atoms with Crippen LogP contribution < -0.4 is 14.8 Å². The summed E-state index contributed by atoms with van der Waals surface area (Å²) in [6.45, 7) is 7.46. The van der Waals surface area contributed by atoms with E-state index in [2.05, 4.69) is 32.2 Å². The second-order valence-corrected chi connectivity index (χ2v) is 10.7. The molecule has 7 nitrogen and oxygen atoms in total. The Hall–Kier alpha value is -3.10. The molecule has 3 N–H and O–H groups in total. The number of carbonyl (C=O) groups is 1. The van der Waals surface area contributed by atoms with E-state index >= 15 is 0 Å². The average molecular weight is 483 g/mol. The molecule has 0 saturated heterocycles. The van der Waals surface area contributed by atoms with E-state index in [1.807, 2.05) is 22.8 Å². The number of anilines is 1. The Morgan fingerprint density at radius 1 is 1.14 bits per heavy atom. The first-order valence-corrected chi connectivity index (χ1v) is 11.9. The summed E-state index contributed by atoms with van der Waals surface area (Å²) in [5, 5.41) is 23.4. The lowest BCUT2D eigenvalue weighted by molar-refractivity contribution is -0.173. The largest absolute Gasteiger partial charge is 0.423 e. The number of fused-ring (bicyclic) bond motifs is 2. The van der Waals surface area contributed by atoms with Crippen LogP contribution in [0, 0.1) is 0 Å². The Morgan fingerprint density at radius 3 is 2.51 bits per heavy atom. The van der Waals surface area contributed by atoms with E-state index in [0.29, 0.717) is 30.0 Å². The SMILES string of the molecule is CC1(F)Oc2ccc(C3(C(=O)Nc4ccc5c(c4)cc(C(C)(C)C)n5C[C@@H](O)CO)CC3)cc2O1. The quantitative estimate of drug-likeness (QED) is 0.485. The van der Waals surface area contributed by atoms with E-state index in [1.54, 1.807) is 18.2 Å². The minimum absolute atomic E-state index is 0.120. The number of halogens is 1. The Kier molecular flexibility index (Phi) is 5.38. The van der Waals surface area contributed by atoms with Crippen LogP contribution in [0.4, 0.5) is 10.1 Å². The lowest BCUT2D eigenvalue weighted by atomic mass is 9.92. The lowest BCUT2D eigenvalue weighted by Crippen LogP contribution is -2.28. The molecule has 2 aromatic carbocycles. The van der Waals surface area contributed by atoms with E-state index in [1.165, 1.54) is 6.92 Å². The van der Waals surface area contributed by atoms with E-state index in [4.69, 9.17) is 9.47 Å². The topological polar surface area (TPSA) is 93.0 Å². The van der Waals surface area contributed by atoms with Crippen LogP contribution in [0.3, 0.4) is 0 Å². The van der Waals surface area contributed by atoms with Gasteiger partial charge in [-0.3, -0.25) is 4.79 Å². The van der Waals surface area contributed by atoms with Crippen LogP contribution in [0.15, 0.2) is 42.5 Å². The van der Waals surface area contributed by atoms with Crippen LogP contribution in [0.2, 0.25) is 0 Å². The maximum Gasteiger partial charge on any atom is 0.404 e. The summed E-state index contributed by atoms with van der Waals surface area (Å²) < 4.78 is 26.4. The summed E-state index contributed by atoms with van der Waals surface area (Å²) in [6.07, 6.45) is 0.520. The molecule has 1 amide bonds. The molecule has 2 atom stereocenters. The molecule has 1 fully saturated rings. The molecule has 1 aromatic heterocycles. The molecule has 1 aliphatic carbocycles. The molecule has 2 heterocycles. The Morgan fingerprint density at radius 2 is 1.86 bits per heavy atom. The third kappa shape index (κ3) is 4.25. The van der Waals surface area contributed by atoms with Crippen molar-refractivity contribution in [1.29, 1.82) is 0 Å². The molecule has 8 heteroatoms. The summed E-state index contributed by atoms with van der Waals surface area (Å²) in [5.74, 6) is 0.505. The number of benzene rings is 2. The molecule has 2 aliphatic rings. The fraction of sp³-hybridized carbons (Fsp3) is 0.444. The number of rotatable bonds is 6. The van der Waals surface area contributed by atoms with Gasteiger partial charge in [-0.1, -0.05) is 26.8 Å². The summed E-state index contributed by atoms with van der Waals surface area (Å²) >= 11 is 0. The summed E-state index contributed by atoms with van der Waals surface area (Å²) in [6, 6.07) is 10.7. The van der Waals surface area contributed by atoms with E-state index in [9.17, 15) is 19.4 Å². The highest BCUT2D eigenvalue weighted by Gasteiger charge is 2.52. The molecular formula is C27H31FN2O5. The molecule has 186 valence electrons. The Balaban J connectivity index is 1.42. The number of hydrogen-bond acceptors (Lipinski definition) is 5. The number of aliphatic hydroxyl groups excluding tert-OH is 2. The third-order valence-electron chi connectivity index (χ3n) is 6.80. The highest BCUT2D eigenvalue weighted by molar-refractivity contribution is 6.02. The molecule has 1 unspecified atom stereocenters. The van der Waals surface area contributed by atoms with Crippen LogP contribution in [-0.2, 0) is 22.2 Å². The number of carbonyl (C=O) groups excluding carboxylic acids is 1. The van der Waals surface area contributed by atoms with Gasteiger partial charge in [-0.2, -0.15) is 4.39 Å². The second kappa shape index (κ2) is 7.96. The maximum atomic E-state index is 14.1. The third-order valence-corrected chi connectivity index (χ3v) is 6.80. The van der Waals surface area contributed by atoms with Crippen molar-refractivity contribution in [3.8, 4) is 11.5 Å². The van der Waals surface area contributed by atoms with Crippen molar-refractivity contribution in [3.05, 3.63) is 53.7 Å². The number of ether oxygens (including phenoxy) is 2. The molecular weight excluding hydrogens is 451 g/mol. The van der Waals surface area contributed by atoms with Crippen LogP contribution in [0.5, 0.6) is 11.5 Å². The minimum atomic E-state index is -2.20. The van der Waals surface area contributed by atoms with Crippen molar-refractivity contribution in [1.82, 2.24) is 4.57 Å². The average Bonchev–Trinajstić information content (AvgIpc) is 3.42.